The van der Waals surface area contributed by atoms with Crippen molar-refractivity contribution in [1.82, 2.24) is 4.98 Å². The Morgan fingerprint density at radius 3 is 3.00 bits per heavy atom. The van der Waals surface area contributed by atoms with Gasteiger partial charge in [-0.2, -0.15) is 5.26 Å². The van der Waals surface area contributed by atoms with E-state index in [9.17, 15) is 14.9 Å². The number of rotatable bonds is 6. The van der Waals surface area contributed by atoms with Crippen molar-refractivity contribution < 1.29 is 18.7 Å². The molecule has 7 nitrogen and oxygen atoms in total. The number of nitriles is 1. The maximum atomic E-state index is 12.1. The number of carbonyl (C=O) groups is 2. The minimum Gasteiger partial charge on any atom is -0.456 e. The first-order valence-corrected chi connectivity index (χ1v) is 9.80. The predicted molar refractivity (Wildman–Crippen MR) is 103 cm³/mol. The number of amides is 1. The Kier molecular flexibility index (Phi) is 5.08. The molecule has 0 spiro atoms. The number of ether oxygens (including phenoxy) is 1. The molecule has 3 aromatic rings. The summed E-state index contributed by atoms with van der Waals surface area (Å²) in [4.78, 5) is 29.4. The van der Waals surface area contributed by atoms with Gasteiger partial charge < -0.3 is 14.5 Å². The SMILES string of the molecule is N#Cc1c(NC(=O)COC(=O)CCc2nc3ccccc3o2)sc2c1CCC2. The van der Waals surface area contributed by atoms with Crippen LogP contribution in [0.25, 0.3) is 11.1 Å². The zero-order valence-corrected chi connectivity index (χ0v) is 15.8. The van der Waals surface area contributed by atoms with E-state index >= 15 is 0 Å². The summed E-state index contributed by atoms with van der Waals surface area (Å²) in [6.07, 6.45) is 3.22. The maximum absolute atomic E-state index is 12.1. The van der Waals surface area contributed by atoms with Gasteiger partial charge in [0.2, 0.25) is 0 Å². The van der Waals surface area contributed by atoms with Crippen molar-refractivity contribution in [2.75, 3.05) is 11.9 Å². The van der Waals surface area contributed by atoms with Crippen molar-refractivity contribution in [2.24, 2.45) is 0 Å². The van der Waals surface area contributed by atoms with E-state index in [0.717, 1.165) is 35.2 Å². The molecule has 0 unspecified atom stereocenters. The number of hydrogen-bond donors (Lipinski definition) is 1. The number of para-hydroxylation sites is 2. The highest BCUT2D eigenvalue weighted by Gasteiger charge is 2.23. The molecule has 0 saturated carbocycles. The van der Waals surface area contributed by atoms with Crippen LogP contribution < -0.4 is 5.32 Å². The Labute approximate surface area is 164 Å². The van der Waals surface area contributed by atoms with Crippen LogP contribution in [0.2, 0.25) is 0 Å². The van der Waals surface area contributed by atoms with Crippen LogP contribution in [-0.4, -0.2) is 23.5 Å². The van der Waals surface area contributed by atoms with Crippen LogP contribution >= 0.6 is 11.3 Å². The van der Waals surface area contributed by atoms with Gasteiger partial charge in [0, 0.05) is 11.3 Å². The minimum absolute atomic E-state index is 0.0663. The fourth-order valence-corrected chi connectivity index (χ4v) is 4.48. The third-order valence-corrected chi connectivity index (χ3v) is 5.74. The van der Waals surface area contributed by atoms with E-state index in [2.05, 4.69) is 16.4 Å². The fraction of sp³-hybridized carbons (Fsp3) is 0.300. The summed E-state index contributed by atoms with van der Waals surface area (Å²) in [5.41, 5.74) is 2.98. The first-order chi connectivity index (χ1) is 13.6. The molecule has 1 N–H and O–H groups in total. The third-order valence-electron chi connectivity index (χ3n) is 4.53. The van der Waals surface area contributed by atoms with Gasteiger partial charge in [-0.1, -0.05) is 12.1 Å². The lowest BCUT2D eigenvalue weighted by atomic mass is 10.1. The first-order valence-electron chi connectivity index (χ1n) is 8.98. The molecule has 0 atom stereocenters. The summed E-state index contributed by atoms with van der Waals surface area (Å²) in [7, 11) is 0. The number of carbonyl (C=O) groups excluding carboxylic acids is 2. The smallest absolute Gasteiger partial charge is 0.306 e. The number of thiophene rings is 1. The lowest BCUT2D eigenvalue weighted by Gasteiger charge is -2.05. The average molecular weight is 395 g/mol. The molecular weight excluding hydrogens is 378 g/mol. The van der Waals surface area contributed by atoms with Crippen LogP contribution in [-0.2, 0) is 33.6 Å². The quantitative estimate of drug-likeness (QED) is 0.642. The Morgan fingerprint density at radius 2 is 2.18 bits per heavy atom. The highest BCUT2D eigenvalue weighted by atomic mass is 32.1. The molecule has 1 amide bonds. The zero-order chi connectivity index (χ0) is 19.5. The molecule has 0 radical (unpaired) electrons. The van der Waals surface area contributed by atoms with Crippen LogP contribution in [0.15, 0.2) is 28.7 Å². The molecule has 4 rings (SSSR count). The Balaban J connectivity index is 1.27. The second-order valence-corrected chi connectivity index (χ2v) is 7.56. The summed E-state index contributed by atoms with van der Waals surface area (Å²) in [5, 5.41) is 12.6. The Bertz CT molecular complexity index is 1060. The number of nitrogens with zero attached hydrogens (tertiary/aromatic N) is 2. The first kappa shape index (κ1) is 18.2. The topological polar surface area (TPSA) is 105 Å². The molecule has 0 bridgehead atoms. The van der Waals surface area contributed by atoms with Crippen LogP contribution in [0.4, 0.5) is 5.00 Å². The van der Waals surface area contributed by atoms with Gasteiger partial charge in [-0.05, 0) is 37.0 Å². The highest BCUT2D eigenvalue weighted by molar-refractivity contribution is 7.16. The third kappa shape index (κ3) is 3.75. The fourth-order valence-electron chi connectivity index (χ4n) is 3.23. The average Bonchev–Trinajstić information content (AvgIpc) is 3.38. The van der Waals surface area contributed by atoms with Gasteiger partial charge in [-0.3, -0.25) is 9.59 Å². The molecule has 2 aromatic heterocycles. The van der Waals surface area contributed by atoms with Crippen molar-refractivity contribution in [2.45, 2.75) is 32.1 Å². The molecular formula is C20H17N3O4S. The number of anilines is 1. The number of aryl methyl sites for hydroxylation is 2. The molecule has 1 aliphatic rings. The van der Waals surface area contributed by atoms with E-state index in [4.69, 9.17) is 9.15 Å². The molecule has 2 heterocycles. The number of esters is 1. The predicted octanol–water partition coefficient (Wildman–Crippen LogP) is 3.36. The summed E-state index contributed by atoms with van der Waals surface area (Å²) in [6.45, 7) is -0.389. The second kappa shape index (κ2) is 7.82. The van der Waals surface area contributed by atoms with Gasteiger partial charge >= 0.3 is 5.97 Å². The van der Waals surface area contributed by atoms with E-state index in [1.807, 2.05) is 24.3 Å². The molecule has 1 aromatic carbocycles. The van der Waals surface area contributed by atoms with Crippen LogP contribution in [0.1, 0.15) is 34.7 Å². The molecule has 0 aliphatic heterocycles. The van der Waals surface area contributed by atoms with Gasteiger partial charge in [0.1, 0.15) is 16.6 Å². The maximum Gasteiger partial charge on any atom is 0.306 e. The van der Waals surface area contributed by atoms with Crippen molar-refractivity contribution >= 4 is 39.3 Å². The molecule has 8 heteroatoms. The molecule has 28 heavy (non-hydrogen) atoms. The number of benzene rings is 1. The normalized spacial score (nSPS) is 12.5. The van der Waals surface area contributed by atoms with Crippen LogP contribution in [0.3, 0.4) is 0 Å². The molecule has 0 fully saturated rings. The van der Waals surface area contributed by atoms with Gasteiger partial charge in [-0.15, -0.1) is 11.3 Å². The van der Waals surface area contributed by atoms with Crippen LogP contribution in [0.5, 0.6) is 0 Å². The van der Waals surface area contributed by atoms with Gasteiger partial charge in [-0.25, -0.2) is 4.98 Å². The van der Waals surface area contributed by atoms with Crippen molar-refractivity contribution in [3.05, 3.63) is 46.2 Å². The largest absolute Gasteiger partial charge is 0.456 e. The highest BCUT2D eigenvalue weighted by Crippen LogP contribution is 2.38. The zero-order valence-electron chi connectivity index (χ0n) is 15.0. The van der Waals surface area contributed by atoms with Crippen LogP contribution in [0, 0.1) is 11.3 Å². The number of oxazole rings is 1. The van der Waals surface area contributed by atoms with E-state index in [-0.39, 0.29) is 13.0 Å². The standard InChI is InChI=1S/C20H17N3O4S/c21-10-13-12-4-3-7-16(12)28-20(13)23-17(24)11-26-19(25)9-8-18-22-14-5-1-2-6-15(14)27-18/h1-2,5-6H,3-4,7-9,11H2,(H,23,24). The Morgan fingerprint density at radius 1 is 1.32 bits per heavy atom. The molecule has 142 valence electrons. The van der Waals surface area contributed by atoms with E-state index in [0.29, 0.717) is 28.5 Å². The summed E-state index contributed by atoms with van der Waals surface area (Å²) >= 11 is 1.43. The van der Waals surface area contributed by atoms with Gasteiger partial charge in [0.25, 0.3) is 5.91 Å². The number of fused-ring (bicyclic) bond motifs is 2. The Hall–Kier alpha value is -3.18. The summed E-state index contributed by atoms with van der Waals surface area (Å²) in [5.74, 6) is -0.507. The van der Waals surface area contributed by atoms with Gasteiger partial charge in [0.05, 0.1) is 12.0 Å². The van der Waals surface area contributed by atoms with E-state index < -0.39 is 11.9 Å². The number of hydrogen-bond acceptors (Lipinski definition) is 7. The molecule has 1 aliphatic carbocycles. The summed E-state index contributed by atoms with van der Waals surface area (Å²) in [6, 6.07) is 9.52. The van der Waals surface area contributed by atoms with E-state index in [1.165, 1.54) is 11.3 Å². The lowest BCUT2D eigenvalue weighted by molar-refractivity contribution is -0.147. The van der Waals surface area contributed by atoms with Gasteiger partial charge in [0.15, 0.2) is 18.1 Å². The lowest BCUT2D eigenvalue weighted by Crippen LogP contribution is -2.21. The minimum atomic E-state index is -0.508. The number of aromatic nitrogens is 1. The summed E-state index contributed by atoms with van der Waals surface area (Å²) < 4.78 is 10.6. The van der Waals surface area contributed by atoms with Crippen molar-refractivity contribution in [1.29, 1.82) is 5.26 Å². The second-order valence-electron chi connectivity index (χ2n) is 6.46. The monoisotopic (exact) mass is 395 g/mol. The number of nitrogens with one attached hydrogen (secondary N) is 1. The van der Waals surface area contributed by atoms with E-state index in [1.54, 1.807) is 0 Å². The van der Waals surface area contributed by atoms with Crippen molar-refractivity contribution in [3.8, 4) is 6.07 Å². The molecule has 0 saturated heterocycles. The van der Waals surface area contributed by atoms with Crippen molar-refractivity contribution in [3.63, 3.8) is 0 Å².